The van der Waals surface area contributed by atoms with E-state index in [-0.39, 0.29) is 6.04 Å². The number of ether oxygens (including phenoxy) is 2. The molecule has 19 heavy (non-hydrogen) atoms. The highest BCUT2D eigenvalue weighted by atomic mass is 16.5. The highest BCUT2D eigenvalue weighted by Crippen LogP contribution is 2.26. The van der Waals surface area contributed by atoms with Gasteiger partial charge in [0.25, 0.3) is 0 Å². The van der Waals surface area contributed by atoms with Crippen molar-refractivity contribution in [2.75, 3.05) is 13.7 Å². The minimum Gasteiger partial charge on any atom is -0.497 e. The molecule has 1 heterocycles. The first-order valence-corrected chi connectivity index (χ1v) is 6.27. The quantitative estimate of drug-likeness (QED) is 0.841. The smallest absolute Gasteiger partial charge is 0.216 e. The summed E-state index contributed by atoms with van der Waals surface area (Å²) in [6, 6.07) is 18.0. The zero-order chi connectivity index (χ0) is 13.1. The average Bonchev–Trinajstić information content (AvgIpc) is 2.98. The van der Waals surface area contributed by atoms with Crippen molar-refractivity contribution in [2.45, 2.75) is 6.04 Å². The molecule has 0 unspecified atom stereocenters. The lowest BCUT2D eigenvalue weighted by atomic mass is 10.1. The molecule has 0 N–H and O–H groups in total. The number of rotatable bonds is 3. The lowest BCUT2D eigenvalue weighted by Gasteiger charge is -2.06. The van der Waals surface area contributed by atoms with Crippen LogP contribution in [0, 0.1) is 0 Å². The molecule has 0 radical (unpaired) electrons. The minimum absolute atomic E-state index is 0.0705. The third-order valence-electron chi connectivity index (χ3n) is 3.17. The third kappa shape index (κ3) is 2.45. The van der Waals surface area contributed by atoms with Gasteiger partial charge >= 0.3 is 0 Å². The van der Waals surface area contributed by atoms with E-state index >= 15 is 0 Å². The van der Waals surface area contributed by atoms with Gasteiger partial charge in [-0.25, -0.2) is 4.99 Å². The predicted octanol–water partition coefficient (Wildman–Crippen LogP) is 3.21. The summed E-state index contributed by atoms with van der Waals surface area (Å²) >= 11 is 0. The molecule has 3 rings (SSSR count). The van der Waals surface area contributed by atoms with Crippen molar-refractivity contribution in [3.63, 3.8) is 0 Å². The van der Waals surface area contributed by atoms with Crippen molar-refractivity contribution in [1.29, 1.82) is 0 Å². The van der Waals surface area contributed by atoms with Crippen LogP contribution in [-0.2, 0) is 4.74 Å². The second-order valence-electron chi connectivity index (χ2n) is 4.40. The molecule has 0 amide bonds. The van der Waals surface area contributed by atoms with Crippen molar-refractivity contribution >= 4 is 5.90 Å². The third-order valence-corrected chi connectivity index (χ3v) is 3.17. The molecule has 2 aromatic carbocycles. The molecule has 0 saturated heterocycles. The standard InChI is InChI=1S/C16H15NO2/c1-18-14-9-7-12(8-10-14)15-11-19-16(17-15)13-5-3-2-4-6-13/h2-10,15H,11H2,1H3/t15-/m0/s1. The summed E-state index contributed by atoms with van der Waals surface area (Å²) in [5.41, 5.74) is 2.17. The molecule has 0 bridgehead atoms. The summed E-state index contributed by atoms with van der Waals surface area (Å²) in [5, 5.41) is 0. The molecular formula is C16H15NO2. The zero-order valence-corrected chi connectivity index (χ0v) is 10.7. The zero-order valence-electron chi connectivity index (χ0n) is 10.7. The summed E-state index contributed by atoms with van der Waals surface area (Å²) in [5.74, 6) is 1.58. The van der Waals surface area contributed by atoms with Crippen LogP contribution in [0.4, 0.5) is 0 Å². The van der Waals surface area contributed by atoms with Crippen LogP contribution in [0.2, 0.25) is 0 Å². The Hall–Kier alpha value is -2.29. The normalized spacial score (nSPS) is 17.7. The van der Waals surface area contributed by atoms with Crippen molar-refractivity contribution in [3.05, 3.63) is 65.7 Å². The van der Waals surface area contributed by atoms with Gasteiger partial charge in [-0.05, 0) is 29.8 Å². The SMILES string of the molecule is COc1ccc([C@@H]2COC(c3ccccc3)=N2)cc1. The molecule has 0 fully saturated rings. The fourth-order valence-electron chi connectivity index (χ4n) is 2.11. The molecule has 0 aliphatic carbocycles. The predicted molar refractivity (Wildman–Crippen MR) is 74.7 cm³/mol. The summed E-state index contributed by atoms with van der Waals surface area (Å²) in [6.07, 6.45) is 0. The maximum absolute atomic E-state index is 5.68. The Bertz CT molecular complexity index is 575. The van der Waals surface area contributed by atoms with E-state index < -0.39 is 0 Å². The Labute approximate surface area is 112 Å². The van der Waals surface area contributed by atoms with Gasteiger partial charge in [-0.3, -0.25) is 0 Å². The monoisotopic (exact) mass is 253 g/mol. The van der Waals surface area contributed by atoms with Crippen LogP contribution in [0.1, 0.15) is 17.2 Å². The van der Waals surface area contributed by atoms with E-state index in [2.05, 4.69) is 4.99 Å². The molecule has 3 nitrogen and oxygen atoms in total. The molecule has 1 aliphatic rings. The highest BCUT2D eigenvalue weighted by molar-refractivity contribution is 5.95. The van der Waals surface area contributed by atoms with Crippen molar-refractivity contribution < 1.29 is 9.47 Å². The fraction of sp³-hybridized carbons (Fsp3) is 0.188. The number of benzene rings is 2. The Kier molecular flexibility index (Phi) is 3.19. The van der Waals surface area contributed by atoms with Crippen LogP contribution in [0.5, 0.6) is 5.75 Å². The van der Waals surface area contributed by atoms with Gasteiger partial charge < -0.3 is 9.47 Å². The Morgan fingerprint density at radius 2 is 1.79 bits per heavy atom. The largest absolute Gasteiger partial charge is 0.497 e. The van der Waals surface area contributed by atoms with E-state index in [1.165, 1.54) is 0 Å². The fourth-order valence-corrected chi connectivity index (χ4v) is 2.11. The van der Waals surface area contributed by atoms with Gasteiger partial charge in [-0.1, -0.05) is 30.3 Å². The topological polar surface area (TPSA) is 30.8 Å². The van der Waals surface area contributed by atoms with Gasteiger partial charge in [0.2, 0.25) is 5.90 Å². The van der Waals surface area contributed by atoms with E-state index in [1.807, 2.05) is 54.6 Å². The first-order valence-electron chi connectivity index (χ1n) is 6.27. The summed E-state index contributed by atoms with van der Waals surface area (Å²) in [7, 11) is 1.67. The minimum atomic E-state index is 0.0705. The molecule has 2 aromatic rings. The van der Waals surface area contributed by atoms with Gasteiger partial charge in [0.1, 0.15) is 18.4 Å². The van der Waals surface area contributed by atoms with E-state index in [0.29, 0.717) is 6.61 Å². The van der Waals surface area contributed by atoms with Crippen LogP contribution in [-0.4, -0.2) is 19.6 Å². The molecule has 0 aromatic heterocycles. The maximum atomic E-state index is 5.68. The maximum Gasteiger partial charge on any atom is 0.216 e. The highest BCUT2D eigenvalue weighted by Gasteiger charge is 2.21. The second-order valence-corrected chi connectivity index (χ2v) is 4.40. The van der Waals surface area contributed by atoms with E-state index in [0.717, 1.165) is 22.8 Å². The Balaban J connectivity index is 1.82. The summed E-state index contributed by atoms with van der Waals surface area (Å²) in [6.45, 7) is 0.594. The average molecular weight is 253 g/mol. The first kappa shape index (κ1) is 11.8. The van der Waals surface area contributed by atoms with Crippen LogP contribution in [0.25, 0.3) is 0 Å². The van der Waals surface area contributed by atoms with Crippen molar-refractivity contribution in [2.24, 2.45) is 4.99 Å². The van der Waals surface area contributed by atoms with Crippen LogP contribution >= 0.6 is 0 Å². The molecule has 3 heteroatoms. The molecule has 0 spiro atoms. The van der Waals surface area contributed by atoms with E-state index in [4.69, 9.17) is 9.47 Å². The first-order chi connectivity index (χ1) is 9.36. The van der Waals surface area contributed by atoms with Crippen LogP contribution < -0.4 is 4.74 Å². The lowest BCUT2D eigenvalue weighted by molar-refractivity contribution is 0.319. The second kappa shape index (κ2) is 5.14. The van der Waals surface area contributed by atoms with Gasteiger partial charge in [0.15, 0.2) is 0 Å². The number of hydrogen-bond donors (Lipinski definition) is 0. The molecule has 0 saturated carbocycles. The van der Waals surface area contributed by atoms with Crippen LogP contribution in [0.15, 0.2) is 59.6 Å². The Morgan fingerprint density at radius 3 is 2.47 bits per heavy atom. The summed E-state index contributed by atoms with van der Waals surface area (Å²) < 4.78 is 10.8. The van der Waals surface area contributed by atoms with E-state index in [1.54, 1.807) is 7.11 Å². The molecular weight excluding hydrogens is 238 g/mol. The number of methoxy groups -OCH3 is 1. The molecule has 1 atom stereocenters. The van der Waals surface area contributed by atoms with Crippen LogP contribution in [0.3, 0.4) is 0 Å². The lowest BCUT2D eigenvalue weighted by Crippen LogP contribution is -2.00. The Morgan fingerprint density at radius 1 is 1.05 bits per heavy atom. The molecule has 96 valence electrons. The van der Waals surface area contributed by atoms with Gasteiger partial charge in [-0.2, -0.15) is 0 Å². The molecule has 1 aliphatic heterocycles. The number of hydrogen-bond acceptors (Lipinski definition) is 3. The van der Waals surface area contributed by atoms with Gasteiger partial charge in [0.05, 0.1) is 7.11 Å². The van der Waals surface area contributed by atoms with Gasteiger partial charge in [0, 0.05) is 5.56 Å². The van der Waals surface area contributed by atoms with Crippen molar-refractivity contribution in [3.8, 4) is 5.75 Å². The number of nitrogens with zero attached hydrogens (tertiary/aromatic N) is 1. The summed E-state index contributed by atoms with van der Waals surface area (Å²) in [4.78, 5) is 4.64. The van der Waals surface area contributed by atoms with E-state index in [9.17, 15) is 0 Å². The van der Waals surface area contributed by atoms with Gasteiger partial charge in [-0.15, -0.1) is 0 Å². The van der Waals surface area contributed by atoms with Crippen molar-refractivity contribution in [1.82, 2.24) is 0 Å². The number of aliphatic imine (C=N–C) groups is 1.